The van der Waals surface area contributed by atoms with Gasteiger partial charge in [0.1, 0.15) is 17.7 Å². The van der Waals surface area contributed by atoms with Crippen LogP contribution in [0.15, 0.2) is 29.4 Å². The van der Waals surface area contributed by atoms with Crippen molar-refractivity contribution in [1.82, 2.24) is 4.98 Å². The van der Waals surface area contributed by atoms with E-state index in [1.54, 1.807) is 11.8 Å². The third-order valence-corrected chi connectivity index (χ3v) is 5.18. The predicted molar refractivity (Wildman–Crippen MR) is 112 cm³/mol. The van der Waals surface area contributed by atoms with Crippen LogP contribution < -0.4 is 16.0 Å². The molecule has 1 aliphatic heterocycles. The fraction of sp³-hybridized carbons (Fsp3) is 0.333. The van der Waals surface area contributed by atoms with Gasteiger partial charge in [0, 0.05) is 31.6 Å². The molecule has 0 saturated carbocycles. The summed E-state index contributed by atoms with van der Waals surface area (Å²) in [6, 6.07) is 6.81. The number of aryl methyl sites for hydroxylation is 1. The average molecular weight is 446 g/mol. The minimum atomic E-state index is -2.79. The van der Waals surface area contributed by atoms with Crippen molar-refractivity contribution in [3.8, 4) is 6.07 Å². The number of nitrogens with two attached hydrogens (primary N) is 1. The number of nitrogens with one attached hydrogen (secondary N) is 1. The molecule has 4 N–H and O–H groups in total. The Morgan fingerprint density at radius 1 is 1.31 bits per heavy atom. The number of oxime groups is 1. The van der Waals surface area contributed by atoms with Gasteiger partial charge in [0.15, 0.2) is 5.84 Å². The first kappa shape index (κ1) is 22.9. The summed E-state index contributed by atoms with van der Waals surface area (Å²) in [6.07, 6.45) is -0.418. The summed E-state index contributed by atoms with van der Waals surface area (Å²) in [6.45, 7) is 1.87. The highest BCUT2D eigenvalue weighted by Gasteiger charge is 2.33. The van der Waals surface area contributed by atoms with Crippen LogP contribution in [0.25, 0.3) is 0 Å². The Morgan fingerprint density at radius 3 is 2.75 bits per heavy atom. The van der Waals surface area contributed by atoms with Gasteiger partial charge < -0.3 is 21.2 Å². The molecule has 2 aromatic rings. The highest BCUT2D eigenvalue weighted by atomic mass is 19.3. The van der Waals surface area contributed by atoms with Crippen LogP contribution in [0.5, 0.6) is 0 Å². The van der Waals surface area contributed by atoms with Crippen LogP contribution in [0.4, 0.5) is 24.7 Å². The second-order valence-electron chi connectivity index (χ2n) is 7.43. The van der Waals surface area contributed by atoms with E-state index in [9.17, 15) is 23.2 Å². The van der Waals surface area contributed by atoms with E-state index in [1.165, 1.54) is 18.2 Å². The van der Waals surface area contributed by atoms with Gasteiger partial charge in [-0.15, -0.1) is 0 Å². The molecule has 1 aromatic heterocycles. The summed E-state index contributed by atoms with van der Waals surface area (Å²) in [4.78, 5) is 19.0. The number of carbonyl (C=O) groups excluding carboxylic acids is 1. The first-order chi connectivity index (χ1) is 15.1. The van der Waals surface area contributed by atoms with Crippen molar-refractivity contribution in [1.29, 1.82) is 5.26 Å². The normalized spacial score (nSPS) is 16.2. The number of pyridine rings is 1. The fourth-order valence-electron chi connectivity index (χ4n) is 3.44. The fourth-order valence-corrected chi connectivity index (χ4v) is 3.44. The number of aromatic nitrogens is 1. The molecule has 1 fully saturated rings. The molecule has 0 spiro atoms. The lowest BCUT2D eigenvalue weighted by Gasteiger charge is -2.24. The molecule has 0 bridgehead atoms. The van der Waals surface area contributed by atoms with Crippen molar-refractivity contribution in [3.05, 3.63) is 52.5 Å². The molecule has 1 aliphatic rings. The number of amides is 1. The largest absolute Gasteiger partial charge is 0.409 e. The zero-order valence-corrected chi connectivity index (χ0v) is 17.2. The van der Waals surface area contributed by atoms with Gasteiger partial charge in [-0.05, 0) is 37.6 Å². The van der Waals surface area contributed by atoms with Crippen molar-refractivity contribution in [2.75, 3.05) is 23.3 Å². The minimum absolute atomic E-state index is 0.00415. The lowest BCUT2D eigenvalue weighted by molar-refractivity contribution is -0.0102. The highest BCUT2D eigenvalue weighted by molar-refractivity contribution is 6.08. The first-order valence-corrected chi connectivity index (χ1v) is 9.78. The van der Waals surface area contributed by atoms with Crippen molar-refractivity contribution in [3.63, 3.8) is 0 Å². The molecule has 8 nitrogen and oxygen atoms in total. The van der Waals surface area contributed by atoms with Crippen LogP contribution in [0.2, 0.25) is 0 Å². The number of nitriles is 1. The Balaban J connectivity index is 1.98. The quantitative estimate of drug-likeness (QED) is 0.286. The van der Waals surface area contributed by atoms with Gasteiger partial charge in [-0.2, -0.15) is 5.26 Å². The molecule has 3 rings (SSSR count). The molecule has 0 aliphatic carbocycles. The van der Waals surface area contributed by atoms with E-state index < -0.39 is 23.5 Å². The van der Waals surface area contributed by atoms with Gasteiger partial charge in [0.2, 0.25) is 5.92 Å². The molecule has 11 heteroatoms. The van der Waals surface area contributed by atoms with Gasteiger partial charge in [-0.3, -0.25) is 4.79 Å². The number of amidine groups is 1. The van der Waals surface area contributed by atoms with Crippen LogP contribution in [-0.2, 0) is 0 Å². The van der Waals surface area contributed by atoms with Crippen molar-refractivity contribution in [2.45, 2.75) is 32.1 Å². The summed E-state index contributed by atoms with van der Waals surface area (Å²) in [5.41, 5.74) is 5.92. The molecule has 1 saturated heterocycles. The maximum Gasteiger partial charge on any atom is 0.259 e. The molecule has 0 atom stereocenters. The SMILES string of the molecule is Cc1nc(N2CCCC(F)(F)CC2)c(C(=O)Nc2ccc(F)c(C(N)=NO)c2)cc1C#N. The van der Waals surface area contributed by atoms with E-state index in [4.69, 9.17) is 10.9 Å². The number of hydrogen-bond acceptors (Lipinski definition) is 6. The maximum absolute atomic E-state index is 13.9. The lowest BCUT2D eigenvalue weighted by atomic mass is 10.1. The van der Waals surface area contributed by atoms with E-state index in [1.807, 2.05) is 6.07 Å². The summed E-state index contributed by atoms with van der Waals surface area (Å²) >= 11 is 0. The van der Waals surface area contributed by atoms with E-state index >= 15 is 0 Å². The van der Waals surface area contributed by atoms with Crippen LogP contribution in [-0.4, -0.2) is 40.9 Å². The summed E-state index contributed by atoms with van der Waals surface area (Å²) < 4.78 is 41.6. The van der Waals surface area contributed by atoms with Gasteiger partial charge in [-0.1, -0.05) is 5.16 Å². The lowest BCUT2D eigenvalue weighted by Crippen LogP contribution is -2.30. The standard InChI is InChI=1S/C21H21F3N6O2/c1-12-13(11-25)9-16(19(27-12)30-7-2-5-21(23,24)6-8-30)20(31)28-14-3-4-17(22)15(10-14)18(26)29-32/h3-4,9-10,32H,2,5-8H2,1H3,(H2,26,29)(H,28,31). The second-order valence-corrected chi connectivity index (χ2v) is 7.43. The number of rotatable bonds is 4. The third-order valence-electron chi connectivity index (χ3n) is 5.18. The van der Waals surface area contributed by atoms with Gasteiger partial charge in [0.25, 0.3) is 5.91 Å². The van der Waals surface area contributed by atoms with Crippen molar-refractivity contribution < 1.29 is 23.2 Å². The molecule has 0 radical (unpaired) electrons. The Bertz CT molecular complexity index is 1110. The number of halogens is 3. The number of carbonyl (C=O) groups is 1. The molecule has 32 heavy (non-hydrogen) atoms. The zero-order valence-electron chi connectivity index (χ0n) is 17.2. The van der Waals surface area contributed by atoms with E-state index in [0.29, 0.717) is 5.69 Å². The van der Waals surface area contributed by atoms with Crippen LogP contribution in [0.3, 0.4) is 0 Å². The number of anilines is 2. The number of benzene rings is 1. The monoisotopic (exact) mass is 446 g/mol. The van der Waals surface area contributed by atoms with Crippen LogP contribution in [0.1, 0.15) is 46.4 Å². The Morgan fingerprint density at radius 2 is 2.06 bits per heavy atom. The molecule has 1 amide bonds. The predicted octanol–water partition coefficient (Wildman–Crippen LogP) is 3.37. The molecular formula is C21H21F3N6O2. The van der Waals surface area contributed by atoms with Crippen molar-refractivity contribution >= 4 is 23.2 Å². The number of nitrogens with zero attached hydrogens (tertiary/aromatic N) is 4. The van der Waals surface area contributed by atoms with E-state index in [0.717, 1.165) is 6.07 Å². The minimum Gasteiger partial charge on any atom is -0.409 e. The Labute approximate surface area is 182 Å². The summed E-state index contributed by atoms with van der Waals surface area (Å²) in [7, 11) is 0. The molecule has 0 unspecified atom stereocenters. The first-order valence-electron chi connectivity index (χ1n) is 9.78. The molecule has 168 valence electrons. The van der Waals surface area contributed by atoms with Gasteiger partial charge in [0.05, 0.1) is 22.4 Å². The van der Waals surface area contributed by atoms with Gasteiger partial charge >= 0.3 is 0 Å². The summed E-state index contributed by atoms with van der Waals surface area (Å²) in [5, 5.41) is 23.5. The molecule has 1 aromatic carbocycles. The number of alkyl halides is 2. The molecular weight excluding hydrogens is 425 g/mol. The van der Waals surface area contributed by atoms with E-state index in [-0.39, 0.29) is 60.5 Å². The molecule has 2 heterocycles. The van der Waals surface area contributed by atoms with Crippen LogP contribution in [0, 0.1) is 24.1 Å². The average Bonchev–Trinajstić information content (AvgIpc) is 2.94. The van der Waals surface area contributed by atoms with Crippen molar-refractivity contribution in [2.24, 2.45) is 10.9 Å². The summed E-state index contributed by atoms with van der Waals surface area (Å²) in [5.74, 6) is -4.51. The Kier molecular flexibility index (Phi) is 6.53. The van der Waals surface area contributed by atoms with E-state index in [2.05, 4.69) is 15.5 Å². The second kappa shape index (κ2) is 9.13. The topological polar surface area (TPSA) is 128 Å². The number of hydrogen-bond donors (Lipinski definition) is 3. The maximum atomic E-state index is 13.9. The van der Waals surface area contributed by atoms with Gasteiger partial charge in [-0.25, -0.2) is 18.2 Å². The zero-order chi connectivity index (χ0) is 23.5. The Hall–Kier alpha value is -3.81. The highest BCUT2D eigenvalue weighted by Crippen LogP contribution is 2.31. The smallest absolute Gasteiger partial charge is 0.259 e. The third kappa shape index (κ3) is 4.91. The van der Waals surface area contributed by atoms with Crippen LogP contribution >= 0.6 is 0 Å².